The molecule has 0 bridgehead atoms. The lowest BCUT2D eigenvalue weighted by atomic mass is 9.91. The molecule has 0 aliphatic carbocycles. The molecule has 0 amide bonds. The molecule has 218 valence electrons. The van der Waals surface area contributed by atoms with Crippen molar-refractivity contribution in [1.82, 2.24) is 20.1 Å². The van der Waals surface area contributed by atoms with Gasteiger partial charge in [0.1, 0.15) is 17.9 Å². The maximum absolute atomic E-state index is 14.5. The molecule has 4 heterocycles. The smallest absolute Gasteiger partial charge is 0.438 e. The minimum atomic E-state index is -2.69. The van der Waals surface area contributed by atoms with Crippen LogP contribution in [0, 0.1) is 0 Å². The molecule has 0 spiro atoms. The molecule has 11 heteroatoms. The Balaban J connectivity index is 1.51. The van der Waals surface area contributed by atoms with E-state index in [9.17, 15) is 18.4 Å². The van der Waals surface area contributed by atoms with E-state index >= 15 is 0 Å². The van der Waals surface area contributed by atoms with Gasteiger partial charge < -0.3 is 14.1 Å². The van der Waals surface area contributed by atoms with Crippen LogP contribution < -0.4 is 16.0 Å². The van der Waals surface area contributed by atoms with Crippen LogP contribution in [0.5, 0.6) is 0 Å². The van der Waals surface area contributed by atoms with E-state index in [1.165, 1.54) is 12.5 Å². The number of nitrogens with zero attached hydrogens (tertiary/aromatic N) is 4. The highest BCUT2D eigenvalue weighted by atomic mass is 19.3. The number of esters is 1. The van der Waals surface area contributed by atoms with Crippen molar-refractivity contribution in [2.45, 2.75) is 58.2 Å². The van der Waals surface area contributed by atoms with Gasteiger partial charge in [-0.1, -0.05) is 0 Å². The second-order valence-corrected chi connectivity index (χ2v) is 11.7. The first kappa shape index (κ1) is 27.8. The number of fused-ring (bicyclic) bond motifs is 2. The molecule has 4 aromatic rings. The number of ether oxygens (including phenoxy) is 1. The third-order valence-electron chi connectivity index (χ3n) is 7.54. The molecular formula is C31H31F2N5O4. The average Bonchev–Trinajstić information content (AvgIpc) is 3.57. The molecule has 1 atom stereocenters. The Labute approximate surface area is 241 Å². The van der Waals surface area contributed by atoms with Crippen LogP contribution in [0.25, 0.3) is 22.3 Å². The summed E-state index contributed by atoms with van der Waals surface area (Å²) in [6.07, 6.45) is 4.92. The van der Waals surface area contributed by atoms with Crippen LogP contribution in [-0.4, -0.2) is 32.9 Å². The maximum atomic E-state index is 14.5. The summed E-state index contributed by atoms with van der Waals surface area (Å²) in [4.78, 5) is 30.6. The Morgan fingerprint density at radius 3 is 2.60 bits per heavy atom. The fraction of sp³-hybridized carbons (Fsp3) is 0.355. The van der Waals surface area contributed by atoms with E-state index < -0.39 is 29.8 Å². The van der Waals surface area contributed by atoms with Crippen LogP contribution in [0.2, 0.25) is 0 Å². The van der Waals surface area contributed by atoms with Gasteiger partial charge in [0.2, 0.25) is 0 Å². The van der Waals surface area contributed by atoms with Gasteiger partial charge in [-0.2, -0.15) is 10.1 Å². The van der Waals surface area contributed by atoms with E-state index in [2.05, 4.69) is 15.4 Å². The van der Waals surface area contributed by atoms with Gasteiger partial charge in [-0.25, -0.2) is 18.4 Å². The first-order valence-electron chi connectivity index (χ1n) is 13.8. The van der Waals surface area contributed by atoms with Crippen LogP contribution in [0.15, 0.2) is 58.3 Å². The first-order valence-corrected chi connectivity index (χ1v) is 13.8. The van der Waals surface area contributed by atoms with Crippen molar-refractivity contribution in [3.8, 4) is 22.3 Å². The normalized spacial score (nSPS) is 16.5. The van der Waals surface area contributed by atoms with Crippen molar-refractivity contribution in [3.05, 3.63) is 81.9 Å². The first-order chi connectivity index (χ1) is 20.0. The lowest BCUT2D eigenvalue weighted by Gasteiger charge is -2.34. The number of benzene rings is 2. The van der Waals surface area contributed by atoms with Gasteiger partial charge in [-0.15, -0.1) is 0 Å². The van der Waals surface area contributed by atoms with Gasteiger partial charge in [0, 0.05) is 60.6 Å². The van der Waals surface area contributed by atoms with Gasteiger partial charge in [0.25, 0.3) is 6.43 Å². The van der Waals surface area contributed by atoms with Gasteiger partial charge in [-0.05, 0) is 85.7 Å². The summed E-state index contributed by atoms with van der Waals surface area (Å²) >= 11 is 0. The summed E-state index contributed by atoms with van der Waals surface area (Å²) in [5.41, 5.74) is 5.59. The van der Waals surface area contributed by atoms with Crippen molar-refractivity contribution in [2.75, 3.05) is 11.4 Å². The van der Waals surface area contributed by atoms with Gasteiger partial charge in [0.05, 0.1) is 6.20 Å². The number of carbonyl (C=O) groups excluding carboxylic acids is 1. The zero-order valence-electron chi connectivity index (χ0n) is 23.8. The topological polar surface area (TPSA) is 102 Å². The molecule has 6 rings (SSSR count). The van der Waals surface area contributed by atoms with E-state index in [1.807, 2.05) is 43.9 Å². The Kier molecular flexibility index (Phi) is 6.92. The summed E-state index contributed by atoms with van der Waals surface area (Å²) in [5.74, 6) is -1.13. The number of aromatic nitrogens is 3. The van der Waals surface area contributed by atoms with Crippen molar-refractivity contribution in [2.24, 2.45) is 7.05 Å². The predicted octanol–water partition coefficient (Wildman–Crippen LogP) is 5.61. The third kappa shape index (κ3) is 5.20. The Morgan fingerprint density at radius 1 is 1.12 bits per heavy atom. The van der Waals surface area contributed by atoms with Crippen LogP contribution in [0.3, 0.4) is 0 Å². The number of alkyl halides is 2. The molecule has 2 aromatic carbocycles. The maximum Gasteiger partial charge on any atom is 0.438 e. The monoisotopic (exact) mass is 575 g/mol. The molecule has 0 radical (unpaired) electrons. The molecule has 0 fully saturated rings. The highest BCUT2D eigenvalue weighted by molar-refractivity contribution is 5.86. The Hall–Kier alpha value is -4.38. The minimum absolute atomic E-state index is 0.0692. The summed E-state index contributed by atoms with van der Waals surface area (Å²) in [6, 6.07) is 6.50. The zero-order chi connectivity index (χ0) is 29.8. The zero-order valence-corrected chi connectivity index (χ0v) is 23.8. The van der Waals surface area contributed by atoms with Crippen molar-refractivity contribution < 1.29 is 22.7 Å². The largest absolute Gasteiger partial charge is 0.459 e. The minimum Gasteiger partial charge on any atom is -0.459 e. The Morgan fingerprint density at radius 2 is 1.93 bits per heavy atom. The van der Waals surface area contributed by atoms with E-state index in [0.717, 1.165) is 35.2 Å². The number of anilines is 2. The number of hydrogen-bond acceptors (Lipinski definition) is 8. The van der Waals surface area contributed by atoms with Crippen molar-refractivity contribution in [1.29, 1.82) is 0 Å². The van der Waals surface area contributed by atoms with E-state index in [4.69, 9.17) is 9.15 Å². The molecule has 0 saturated carbocycles. The summed E-state index contributed by atoms with van der Waals surface area (Å²) in [6.45, 7) is 6.41. The number of aryl methyl sites for hydroxylation is 2. The fourth-order valence-corrected chi connectivity index (χ4v) is 5.75. The molecule has 1 unspecified atom stereocenters. The van der Waals surface area contributed by atoms with Gasteiger partial charge in [-0.3, -0.25) is 10.00 Å². The predicted molar refractivity (Wildman–Crippen MR) is 153 cm³/mol. The fourth-order valence-electron chi connectivity index (χ4n) is 5.75. The van der Waals surface area contributed by atoms with Crippen molar-refractivity contribution >= 4 is 17.3 Å². The molecule has 1 N–H and O–H groups in total. The second-order valence-electron chi connectivity index (χ2n) is 11.7. The highest BCUT2D eigenvalue weighted by Crippen LogP contribution is 2.45. The molecule has 2 aromatic heterocycles. The molecular weight excluding hydrogens is 544 g/mol. The molecule has 42 heavy (non-hydrogen) atoms. The average molecular weight is 576 g/mol. The quantitative estimate of drug-likeness (QED) is 0.307. The van der Waals surface area contributed by atoms with Gasteiger partial charge >= 0.3 is 11.7 Å². The number of halogens is 2. The lowest BCUT2D eigenvalue weighted by Crippen LogP contribution is -2.31. The van der Waals surface area contributed by atoms with Crippen LogP contribution in [-0.2, 0) is 29.5 Å². The van der Waals surface area contributed by atoms with Crippen LogP contribution in [0.4, 0.5) is 20.2 Å². The SMILES string of the molecule is Cn1cc(-c2cc3c(cc2C(F)F)N(c2cc(-c4cnc(=O)oc4)cc4c2CNC4C(=O)OC(C)(C)C)CCC3)cn1. The van der Waals surface area contributed by atoms with Crippen LogP contribution >= 0.6 is 0 Å². The summed E-state index contributed by atoms with van der Waals surface area (Å²) in [7, 11) is 1.76. The molecule has 9 nitrogen and oxygen atoms in total. The van der Waals surface area contributed by atoms with Gasteiger partial charge in [0.15, 0.2) is 0 Å². The van der Waals surface area contributed by atoms with E-state index in [0.29, 0.717) is 41.0 Å². The van der Waals surface area contributed by atoms with E-state index in [-0.39, 0.29) is 5.56 Å². The van der Waals surface area contributed by atoms with Crippen LogP contribution in [0.1, 0.15) is 61.9 Å². The molecule has 2 aliphatic heterocycles. The highest BCUT2D eigenvalue weighted by Gasteiger charge is 2.36. The van der Waals surface area contributed by atoms with Crippen molar-refractivity contribution in [3.63, 3.8) is 0 Å². The molecule has 2 aliphatic rings. The Bertz CT molecular complexity index is 1720. The number of hydrogen-bond donors (Lipinski definition) is 1. The number of rotatable bonds is 5. The number of nitrogens with one attached hydrogen (secondary N) is 1. The lowest BCUT2D eigenvalue weighted by molar-refractivity contribution is -0.157. The second kappa shape index (κ2) is 10.5. The molecule has 0 saturated heterocycles. The summed E-state index contributed by atoms with van der Waals surface area (Å²) in [5, 5.41) is 7.46. The third-order valence-corrected chi connectivity index (χ3v) is 7.54. The summed E-state index contributed by atoms with van der Waals surface area (Å²) < 4.78 is 41.3. The standard InChI is InChI=1S/C31H31F2N5O4/c1-31(2,3)42-29(39)27-22-9-18(20-12-35-30(40)41-16-20)10-26(24(22)14-34-27)38-7-5-6-17-8-21(19-13-36-37(4)15-19)23(28(32)33)11-25(17)38/h8-13,15-16,27-28,34H,5-7,14H2,1-4H3. The number of carbonyl (C=O) groups is 1. The van der Waals surface area contributed by atoms with E-state index in [1.54, 1.807) is 30.2 Å².